The van der Waals surface area contributed by atoms with Crippen LogP contribution in [0.1, 0.15) is 19.3 Å². The first-order valence-electron chi connectivity index (χ1n) is 7.04. The summed E-state index contributed by atoms with van der Waals surface area (Å²) in [6.07, 6.45) is 3.67. The first-order valence-corrected chi connectivity index (χ1v) is 7.04. The molecule has 0 spiro atoms. The predicted octanol–water partition coefficient (Wildman–Crippen LogP) is 0.331. The van der Waals surface area contributed by atoms with Crippen LogP contribution in [0.3, 0.4) is 0 Å². The van der Waals surface area contributed by atoms with Crippen molar-refractivity contribution in [2.24, 2.45) is 0 Å². The van der Waals surface area contributed by atoms with Gasteiger partial charge >= 0.3 is 7.12 Å². The lowest BCUT2D eigenvalue weighted by Crippen LogP contribution is -2.29. The largest absolute Gasteiger partial charge is 0.491 e. The average Bonchev–Trinajstić information content (AvgIpc) is 2.48. The maximum atomic E-state index is 8.97. The third-order valence-electron chi connectivity index (χ3n) is 3.25. The third kappa shape index (κ3) is 5.13. The Bertz CT molecular complexity index is 376. The van der Waals surface area contributed by atoms with Gasteiger partial charge in [0.2, 0.25) is 0 Å². The van der Waals surface area contributed by atoms with Crippen LogP contribution >= 0.6 is 0 Å². The number of benzene rings is 1. The zero-order valence-corrected chi connectivity index (χ0v) is 11.5. The van der Waals surface area contributed by atoms with Gasteiger partial charge in [-0.25, -0.2) is 0 Å². The van der Waals surface area contributed by atoms with Gasteiger partial charge in [0.25, 0.3) is 0 Å². The fourth-order valence-electron chi connectivity index (χ4n) is 2.11. The Morgan fingerprint density at radius 1 is 1.15 bits per heavy atom. The van der Waals surface area contributed by atoms with Gasteiger partial charge in [0.1, 0.15) is 12.4 Å². The molecule has 0 aromatic heterocycles. The number of rotatable bonds is 7. The van der Waals surface area contributed by atoms with Gasteiger partial charge in [0.05, 0.1) is 19.3 Å². The molecule has 5 nitrogen and oxygen atoms in total. The Morgan fingerprint density at radius 2 is 1.95 bits per heavy atom. The summed E-state index contributed by atoms with van der Waals surface area (Å²) in [5, 5.41) is 17.9. The van der Waals surface area contributed by atoms with E-state index in [4.69, 9.17) is 24.3 Å². The molecule has 1 fully saturated rings. The average molecular weight is 280 g/mol. The standard InChI is InChI=1S/C14H21BO5/c16-15(17)12-4-6-13(7-5-12)20-10-9-18-11-14-3-1-2-8-19-14/h4-7,14,16-17H,1-3,8-11H2. The zero-order chi connectivity index (χ0) is 14.2. The smallest absolute Gasteiger partial charge is 0.488 e. The van der Waals surface area contributed by atoms with Gasteiger partial charge in [0.15, 0.2) is 0 Å². The van der Waals surface area contributed by atoms with Crippen LogP contribution < -0.4 is 10.2 Å². The van der Waals surface area contributed by atoms with Crippen LogP contribution in [0.5, 0.6) is 5.75 Å². The van der Waals surface area contributed by atoms with E-state index in [2.05, 4.69) is 0 Å². The molecule has 1 aliphatic heterocycles. The summed E-state index contributed by atoms with van der Waals surface area (Å²) in [6, 6.07) is 6.66. The molecule has 6 heteroatoms. The van der Waals surface area contributed by atoms with Gasteiger partial charge in [-0.3, -0.25) is 0 Å². The van der Waals surface area contributed by atoms with Crippen LogP contribution in [0, 0.1) is 0 Å². The number of hydrogen-bond donors (Lipinski definition) is 2. The molecule has 0 saturated carbocycles. The molecule has 1 aromatic rings. The molecule has 110 valence electrons. The molecule has 1 aliphatic rings. The highest BCUT2D eigenvalue weighted by Gasteiger charge is 2.13. The lowest BCUT2D eigenvalue weighted by molar-refractivity contribution is -0.0444. The normalized spacial score (nSPS) is 18.8. The number of ether oxygens (including phenoxy) is 3. The molecule has 2 N–H and O–H groups in total. The zero-order valence-electron chi connectivity index (χ0n) is 11.5. The molecule has 1 unspecified atom stereocenters. The molecule has 1 heterocycles. The molecule has 1 aromatic carbocycles. The van der Waals surface area contributed by atoms with Crippen LogP contribution in [0.4, 0.5) is 0 Å². The van der Waals surface area contributed by atoms with Crippen molar-refractivity contribution in [3.05, 3.63) is 24.3 Å². The minimum absolute atomic E-state index is 0.231. The van der Waals surface area contributed by atoms with Crippen molar-refractivity contribution in [3.63, 3.8) is 0 Å². The molecule has 1 atom stereocenters. The fourth-order valence-corrected chi connectivity index (χ4v) is 2.11. The molecular weight excluding hydrogens is 259 g/mol. The van der Waals surface area contributed by atoms with E-state index in [0.29, 0.717) is 31.0 Å². The SMILES string of the molecule is OB(O)c1ccc(OCCOCC2CCCCO2)cc1. The highest BCUT2D eigenvalue weighted by Crippen LogP contribution is 2.12. The molecule has 0 amide bonds. The lowest BCUT2D eigenvalue weighted by atomic mass is 9.80. The van der Waals surface area contributed by atoms with Gasteiger partial charge in [0, 0.05) is 6.61 Å². The van der Waals surface area contributed by atoms with Gasteiger partial charge in [-0.1, -0.05) is 12.1 Å². The van der Waals surface area contributed by atoms with Crippen molar-refractivity contribution in [2.45, 2.75) is 25.4 Å². The van der Waals surface area contributed by atoms with Gasteiger partial charge < -0.3 is 24.3 Å². The monoisotopic (exact) mass is 280 g/mol. The van der Waals surface area contributed by atoms with Crippen molar-refractivity contribution in [1.29, 1.82) is 0 Å². The second-order valence-corrected chi connectivity index (χ2v) is 4.85. The van der Waals surface area contributed by atoms with E-state index in [0.717, 1.165) is 19.4 Å². The summed E-state index contributed by atoms with van der Waals surface area (Å²) in [4.78, 5) is 0. The van der Waals surface area contributed by atoms with E-state index < -0.39 is 7.12 Å². The van der Waals surface area contributed by atoms with E-state index >= 15 is 0 Å². The molecule has 1 saturated heterocycles. The van der Waals surface area contributed by atoms with Crippen LogP contribution in [0.2, 0.25) is 0 Å². The van der Waals surface area contributed by atoms with Crippen LogP contribution in [-0.4, -0.2) is 49.7 Å². The van der Waals surface area contributed by atoms with E-state index in [-0.39, 0.29) is 6.10 Å². The maximum absolute atomic E-state index is 8.97. The van der Waals surface area contributed by atoms with E-state index in [1.54, 1.807) is 24.3 Å². The highest BCUT2D eigenvalue weighted by atomic mass is 16.5. The second-order valence-electron chi connectivity index (χ2n) is 4.85. The van der Waals surface area contributed by atoms with Gasteiger partial charge in [-0.05, 0) is 36.9 Å². The minimum atomic E-state index is -1.44. The Balaban J connectivity index is 1.58. The van der Waals surface area contributed by atoms with Crippen molar-refractivity contribution in [2.75, 3.05) is 26.4 Å². The van der Waals surface area contributed by atoms with Crippen LogP contribution in [0.25, 0.3) is 0 Å². The lowest BCUT2D eigenvalue weighted by Gasteiger charge is -2.22. The molecule has 0 aliphatic carbocycles. The van der Waals surface area contributed by atoms with Crippen molar-refractivity contribution in [1.82, 2.24) is 0 Å². The summed E-state index contributed by atoms with van der Waals surface area (Å²) in [6.45, 7) is 2.45. The predicted molar refractivity (Wildman–Crippen MR) is 76.2 cm³/mol. The molecule has 2 rings (SSSR count). The Labute approximate surface area is 119 Å². The summed E-state index contributed by atoms with van der Waals surface area (Å²) in [5.74, 6) is 0.687. The quantitative estimate of drug-likeness (QED) is 0.556. The third-order valence-corrected chi connectivity index (χ3v) is 3.25. The van der Waals surface area contributed by atoms with Gasteiger partial charge in [-0.15, -0.1) is 0 Å². The van der Waals surface area contributed by atoms with Crippen LogP contribution in [0.15, 0.2) is 24.3 Å². The van der Waals surface area contributed by atoms with E-state index in [1.807, 2.05) is 0 Å². The maximum Gasteiger partial charge on any atom is 0.488 e. The molecule has 0 radical (unpaired) electrons. The van der Waals surface area contributed by atoms with Crippen LogP contribution in [-0.2, 0) is 9.47 Å². The summed E-state index contributed by atoms with van der Waals surface area (Å²) < 4.78 is 16.6. The molecule has 20 heavy (non-hydrogen) atoms. The molecular formula is C14H21BO5. The summed E-state index contributed by atoms with van der Waals surface area (Å²) >= 11 is 0. The van der Waals surface area contributed by atoms with Crippen molar-refractivity contribution in [3.8, 4) is 5.75 Å². The highest BCUT2D eigenvalue weighted by molar-refractivity contribution is 6.58. The summed E-state index contributed by atoms with van der Waals surface area (Å²) in [7, 11) is -1.44. The van der Waals surface area contributed by atoms with E-state index in [9.17, 15) is 0 Å². The number of hydrogen-bond acceptors (Lipinski definition) is 5. The Morgan fingerprint density at radius 3 is 2.60 bits per heavy atom. The fraction of sp³-hybridized carbons (Fsp3) is 0.571. The topological polar surface area (TPSA) is 68.2 Å². The summed E-state index contributed by atoms with van der Waals surface area (Å²) in [5.41, 5.74) is 0.447. The minimum Gasteiger partial charge on any atom is -0.491 e. The first-order chi connectivity index (χ1) is 9.75. The van der Waals surface area contributed by atoms with Crippen molar-refractivity contribution >= 4 is 12.6 Å². The first kappa shape index (κ1) is 15.3. The van der Waals surface area contributed by atoms with E-state index in [1.165, 1.54) is 6.42 Å². The van der Waals surface area contributed by atoms with Crippen molar-refractivity contribution < 1.29 is 24.3 Å². The second kappa shape index (κ2) is 8.27. The Hall–Kier alpha value is -1.08. The van der Waals surface area contributed by atoms with Gasteiger partial charge in [-0.2, -0.15) is 0 Å². The Kier molecular flexibility index (Phi) is 6.33. The molecule has 0 bridgehead atoms.